The molecule has 0 spiro atoms. The fourth-order valence-corrected chi connectivity index (χ4v) is 4.85. The Labute approximate surface area is 78.5 Å². The maximum Gasteiger partial charge on any atom is 0.0550 e. The normalized spacial score (nSPS) is 12.0. The van der Waals surface area contributed by atoms with Crippen molar-refractivity contribution in [2.24, 2.45) is 0 Å². The van der Waals surface area contributed by atoms with Gasteiger partial charge in [0.25, 0.3) is 0 Å². The van der Waals surface area contributed by atoms with Crippen LogP contribution in [0.4, 0.5) is 0 Å². The van der Waals surface area contributed by atoms with E-state index < -0.39 is 8.07 Å². The third kappa shape index (κ3) is 3.72. The number of hydrogen-bond donors (Lipinski definition) is 0. The van der Waals surface area contributed by atoms with Crippen LogP contribution in [0.2, 0.25) is 24.2 Å². The van der Waals surface area contributed by atoms with Crippen LogP contribution >= 0.6 is 0 Å². The van der Waals surface area contributed by atoms with Crippen molar-refractivity contribution >= 4 is 8.07 Å². The van der Waals surface area contributed by atoms with E-state index in [9.17, 15) is 0 Å². The second-order valence-corrected chi connectivity index (χ2v) is 9.13. The fraction of sp³-hybridized carbons (Fsp3) is 1.00. The van der Waals surface area contributed by atoms with Gasteiger partial charge in [0.2, 0.25) is 0 Å². The number of ether oxygens (including phenoxy) is 1. The number of rotatable bonds is 7. The monoisotopic (exact) mass is 188 g/mol. The molecule has 0 unspecified atom stereocenters. The molecule has 0 atom stereocenters. The molecular weight excluding hydrogens is 164 g/mol. The molecule has 0 heterocycles. The van der Waals surface area contributed by atoms with E-state index in [4.69, 9.17) is 4.74 Å². The van der Waals surface area contributed by atoms with E-state index in [-0.39, 0.29) is 0 Å². The van der Waals surface area contributed by atoms with Crippen LogP contribution in [0.25, 0.3) is 0 Å². The van der Waals surface area contributed by atoms with E-state index in [0.717, 1.165) is 13.2 Å². The first-order valence-corrected chi connectivity index (χ1v) is 8.15. The molecule has 1 nitrogen and oxygen atoms in total. The van der Waals surface area contributed by atoms with Crippen molar-refractivity contribution in [3.8, 4) is 0 Å². The van der Waals surface area contributed by atoms with E-state index >= 15 is 0 Å². The van der Waals surface area contributed by atoms with Crippen LogP contribution in [0.5, 0.6) is 0 Å². The highest BCUT2D eigenvalue weighted by molar-refractivity contribution is 6.79. The lowest BCUT2D eigenvalue weighted by Crippen LogP contribution is -2.32. The molecule has 0 aromatic rings. The minimum Gasteiger partial charge on any atom is -0.382 e. The van der Waals surface area contributed by atoms with Gasteiger partial charge in [0.15, 0.2) is 0 Å². The van der Waals surface area contributed by atoms with Crippen molar-refractivity contribution in [2.75, 3.05) is 13.2 Å². The van der Waals surface area contributed by atoms with Crippen molar-refractivity contribution in [1.82, 2.24) is 0 Å². The second kappa shape index (κ2) is 6.67. The van der Waals surface area contributed by atoms with E-state index in [1.54, 1.807) is 0 Å². The third-order valence-corrected chi connectivity index (χ3v) is 9.00. The van der Waals surface area contributed by atoms with Gasteiger partial charge in [0, 0.05) is 13.2 Å². The van der Waals surface area contributed by atoms with Crippen LogP contribution in [-0.2, 0) is 4.74 Å². The van der Waals surface area contributed by atoms with Crippen molar-refractivity contribution in [2.45, 2.75) is 51.9 Å². The number of hydrogen-bond acceptors (Lipinski definition) is 1. The van der Waals surface area contributed by atoms with Crippen molar-refractivity contribution in [3.63, 3.8) is 0 Å². The summed E-state index contributed by atoms with van der Waals surface area (Å²) in [6.07, 6.45) is 0. The Kier molecular flexibility index (Phi) is 6.77. The quantitative estimate of drug-likeness (QED) is 0.439. The minimum atomic E-state index is -0.880. The van der Waals surface area contributed by atoms with Gasteiger partial charge in [-0.1, -0.05) is 38.9 Å². The zero-order valence-corrected chi connectivity index (χ0v) is 10.2. The smallest absolute Gasteiger partial charge is 0.0550 e. The highest BCUT2D eigenvalue weighted by Gasteiger charge is 2.25. The average molecular weight is 188 g/mol. The first-order valence-electron chi connectivity index (χ1n) is 5.32. The molecule has 12 heavy (non-hydrogen) atoms. The van der Waals surface area contributed by atoms with Crippen LogP contribution < -0.4 is 0 Å². The zero-order chi connectivity index (χ0) is 9.45. The third-order valence-electron chi connectivity index (χ3n) is 3.23. The van der Waals surface area contributed by atoms with Crippen LogP contribution in [0.3, 0.4) is 0 Å². The Morgan fingerprint density at radius 1 is 0.917 bits per heavy atom. The van der Waals surface area contributed by atoms with Gasteiger partial charge < -0.3 is 4.74 Å². The molecule has 0 aromatic carbocycles. The topological polar surface area (TPSA) is 9.23 Å². The fourth-order valence-electron chi connectivity index (χ4n) is 1.71. The largest absolute Gasteiger partial charge is 0.382 e. The molecule has 2 heteroatoms. The molecular formula is C10H24OSi. The van der Waals surface area contributed by atoms with E-state index in [2.05, 4.69) is 27.7 Å². The lowest BCUT2D eigenvalue weighted by atomic mass is 10.8. The van der Waals surface area contributed by atoms with Gasteiger partial charge in [-0.2, -0.15) is 0 Å². The predicted octanol–water partition coefficient (Wildman–Crippen LogP) is 3.53. The molecule has 0 aliphatic carbocycles. The van der Waals surface area contributed by atoms with Gasteiger partial charge in [0.05, 0.1) is 8.07 Å². The summed E-state index contributed by atoms with van der Waals surface area (Å²) >= 11 is 0. The van der Waals surface area contributed by atoms with Crippen LogP contribution in [0.1, 0.15) is 27.7 Å². The summed E-state index contributed by atoms with van der Waals surface area (Å²) in [5, 5.41) is 0. The van der Waals surface area contributed by atoms with E-state index in [1.165, 1.54) is 24.2 Å². The van der Waals surface area contributed by atoms with Crippen LogP contribution in [-0.4, -0.2) is 21.3 Å². The molecule has 0 aliphatic heterocycles. The summed E-state index contributed by atoms with van der Waals surface area (Å²) in [6.45, 7) is 11.0. The van der Waals surface area contributed by atoms with Crippen molar-refractivity contribution in [1.29, 1.82) is 0 Å². The maximum absolute atomic E-state index is 5.43. The van der Waals surface area contributed by atoms with E-state index in [1.807, 2.05) is 0 Å². The lowest BCUT2D eigenvalue weighted by molar-refractivity contribution is 0.160. The summed E-state index contributed by atoms with van der Waals surface area (Å²) in [6, 6.07) is 5.64. The van der Waals surface area contributed by atoms with Gasteiger partial charge in [-0.15, -0.1) is 0 Å². The Balaban J connectivity index is 3.76. The second-order valence-electron chi connectivity index (χ2n) is 3.51. The average Bonchev–Trinajstić information content (AvgIpc) is 2.14. The molecule has 0 bridgehead atoms. The molecule has 0 radical (unpaired) electrons. The molecule has 0 saturated carbocycles. The summed E-state index contributed by atoms with van der Waals surface area (Å²) < 4.78 is 5.43. The Morgan fingerprint density at radius 2 is 1.42 bits per heavy atom. The first-order chi connectivity index (χ1) is 5.74. The molecule has 0 rings (SSSR count). The molecule has 0 fully saturated rings. The van der Waals surface area contributed by atoms with Crippen LogP contribution in [0, 0.1) is 0 Å². The molecule has 0 aliphatic rings. The first kappa shape index (κ1) is 12.2. The van der Waals surface area contributed by atoms with Gasteiger partial charge in [-0.3, -0.25) is 0 Å². The molecule has 74 valence electrons. The summed E-state index contributed by atoms with van der Waals surface area (Å²) in [5.41, 5.74) is 0. The van der Waals surface area contributed by atoms with Gasteiger partial charge >= 0.3 is 0 Å². The summed E-state index contributed by atoms with van der Waals surface area (Å²) in [4.78, 5) is 0. The molecule has 0 amide bonds. The SMILES string of the molecule is CCOCC[Si](CC)(CC)CC. The molecule has 0 aromatic heterocycles. The standard InChI is InChI=1S/C10H24OSi/c1-5-11-9-10-12(6-2,7-3)8-4/h5-10H2,1-4H3. The van der Waals surface area contributed by atoms with Crippen molar-refractivity contribution in [3.05, 3.63) is 0 Å². The van der Waals surface area contributed by atoms with E-state index in [0.29, 0.717) is 0 Å². The Hall–Kier alpha value is 0.177. The minimum absolute atomic E-state index is 0.877. The lowest BCUT2D eigenvalue weighted by Gasteiger charge is -2.27. The Bertz CT molecular complexity index is 91.7. The van der Waals surface area contributed by atoms with Crippen molar-refractivity contribution < 1.29 is 4.74 Å². The maximum atomic E-state index is 5.43. The highest BCUT2D eigenvalue weighted by atomic mass is 28.3. The summed E-state index contributed by atoms with van der Waals surface area (Å²) in [7, 11) is -0.880. The zero-order valence-electron chi connectivity index (χ0n) is 9.15. The highest BCUT2D eigenvalue weighted by Crippen LogP contribution is 2.24. The van der Waals surface area contributed by atoms with Gasteiger partial charge in [0.1, 0.15) is 0 Å². The molecule has 0 N–H and O–H groups in total. The summed E-state index contributed by atoms with van der Waals surface area (Å²) in [5.74, 6) is 0. The Morgan fingerprint density at radius 3 is 1.75 bits per heavy atom. The van der Waals surface area contributed by atoms with Gasteiger partial charge in [-0.05, 0) is 13.0 Å². The van der Waals surface area contributed by atoms with Crippen LogP contribution in [0.15, 0.2) is 0 Å². The molecule has 0 saturated heterocycles. The van der Waals surface area contributed by atoms with Gasteiger partial charge in [-0.25, -0.2) is 0 Å². The predicted molar refractivity (Wildman–Crippen MR) is 58.5 cm³/mol.